The van der Waals surface area contributed by atoms with Crippen LogP contribution in [0.25, 0.3) is 11.3 Å². The predicted octanol–water partition coefficient (Wildman–Crippen LogP) is 5.46. The number of aryl methyl sites for hydroxylation is 2. The summed E-state index contributed by atoms with van der Waals surface area (Å²) in [6.45, 7) is 3.99. The van der Waals surface area contributed by atoms with Crippen LogP contribution < -0.4 is 10.1 Å². The molecule has 0 spiro atoms. The smallest absolute Gasteiger partial charge is 0.264 e. The van der Waals surface area contributed by atoms with E-state index in [4.69, 9.17) is 4.74 Å². The van der Waals surface area contributed by atoms with Gasteiger partial charge in [0, 0.05) is 14.9 Å². The first-order valence-corrected chi connectivity index (χ1v) is 9.91. The van der Waals surface area contributed by atoms with E-state index in [9.17, 15) is 4.79 Å². The van der Waals surface area contributed by atoms with E-state index in [1.54, 1.807) is 0 Å². The molecular weight excluding hydrogens is 412 g/mol. The van der Waals surface area contributed by atoms with Crippen molar-refractivity contribution in [3.63, 3.8) is 0 Å². The maximum atomic E-state index is 12.2. The van der Waals surface area contributed by atoms with Gasteiger partial charge in [-0.25, -0.2) is 4.98 Å². The third-order valence-electron chi connectivity index (χ3n) is 3.83. The fourth-order valence-electron chi connectivity index (χ4n) is 2.50. The van der Waals surface area contributed by atoms with Gasteiger partial charge in [0.2, 0.25) is 0 Å². The highest BCUT2D eigenvalue weighted by Gasteiger charge is 2.14. The molecule has 6 heteroatoms. The van der Waals surface area contributed by atoms with E-state index in [0.717, 1.165) is 32.6 Å². The van der Waals surface area contributed by atoms with Crippen molar-refractivity contribution in [2.24, 2.45) is 0 Å². The van der Waals surface area contributed by atoms with E-state index >= 15 is 0 Å². The van der Waals surface area contributed by atoms with Crippen LogP contribution in [0.2, 0.25) is 0 Å². The standard InChI is InChI=1S/C20H19BrN2O2S/c1-3-17-19(14-8-10-15(21)11-9-14)23-20(26-17)22-18(24)12-25-16-7-5-4-6-13(16)2/h4-11H,3,12H2,1-2H3,(H,22,23,24). The van der Waals surface area contributed by atoms with Gasteiger partial charge in [0.15, 0.2) is 11.7 Å². The Morgan fingerprint density at radius 1 is 1.19 bits per heavy atom. The second-order valence-electron chi connectivity index (χ2n) is 5.75. The van der Waals surface area contributed by atoms with E-state index < -0.39 is 0 Å². The molecule has 1 heterocycles. The van der Waals surface area contributed by atoms with Crippen LogP contribution in [0.1, 0.15) is 17.4 Å². The summed E-state index contributed by atoms with van der Waals surface area (Å²) >= 11 is 4.95. The number of carbonyl (C=O) groups excluding carboxylic acids is 1. The predicted molar refractivity (Wildman–Crippen MR) is 110 cm³/mol. The highest BCUT2D eigenvalue weighted by atomic mass is 79.9. The van der Waals surface area contributed by atoms with Crippen LogP contribution in [-0.2, 0) is 11.2 Å². The van der Waals surface area contributed by atoms with Gasteiger partial charge in [-0.2, -0.15) is 0 Å². The molecule has 0 atom stereocenters. The van der Waals surface area contributed by atoms with Crippen molar-refractivity contribution in [1.82, 2.24) is 4.98 Å². The van der Waals surface area contributed by atoms with Gasteiger partial charge in [-0.3, -0.25) is 10.1 Å². The van der Waals surface area contributed by atoms with Crippen molar-refractivity contribution in [3.05, 3.63) is 63.4 Å². The van der Waals surface area contributed by atoms with E-state index in [1.807, 2.05) is 55.5 Å². The largest absolute Gasteiger partial charge is 0.483 e. The number of nitrogens with one attached hydrogen (secondary N) is 1. The first kappa shape index (κ1) is 18.6. The molecule has 1 aromatic heterocycles. The van der Waals surface area contributed by atoms with Crippen LogP contribution >= 0.6 is 27.3 Å². The number of benzene rings is 2. The van der Waals surface area contributed by atoms with Crippen LogP contribution in [0, 0.1) is 6.92 Å². The molecule has 134 valence electrons. The monoisotopic (exact) mass is 430 g/mol. The van der Waals surface area contributed by atoms with E-state index in [-0.39, 0.29) is 12.5 Å². The van der Waals surface area contributed by atoms with Crippen molar-refractivity contribution in [1.29, 1.82) is 0 Å². The summed E-state index contributed by atoms with van der Waals surface area (Å²) in [4.78, 5) is 18.0. The minimum atomic E-state index is -0.216. The summed E-state index contributed by atoms with van der Waals surface area (Å²) in [6.07, 6.45) is 0.860. The van der Waals surface area contributed by atoms with E-state index in [2.05, 4.69) is 33.2 Å². The van der Waals surface area contributed by atoms with Crippen molar-refractivity contribution in [2.75, 3.05) is 11.9 Å². The van der Waals surface area contributed by atoms with Gasteiger partial charge in [-0.15, -0.1) is 11.3 Å². The second-order valence-corrected chi connectivity index (χ2v) is 7.75. The number of hydrogen-bond acceptors (Lipinski definition) is 4. The zero-order chi connectivity index (χ0) is 18.5. The normalized spacial score (nSPS) is 10.6. The molecular formula is C20H19BrN2O2S. The van der Waals surface area contributed by atoms with Gasteiger partial charge >= 0.3 is 0 Å². The Morgan fingerprint density at radius 2 is 1.92 bits per heavy atom. The first-order chi connectivity index (χ1) is 12.6. The van der Waals surface area contributed by atoms with Gasteiger partial charge in [-0.05, 0) is 37.1 Å². The molecule has 2 aromatic carbocycles. The third-order valence-corrected chi connectivity index (χ3v) is 5.48. The molecule has 0 aliphatic carbocycles. The van der Waals surface area contributed by atoms with E-state index in [0.29, 0.717) is 10.9 Å². The number of hydrogen-bond donors (Lipinski definition) is 1. The lowest BCUT2D eigenvalue weighted by molar-refractivity contribution is -0.118. The Morgan fingerprint density at radius 3 is 2.62 bits per heavy atom. The molecule has 4 nitrogen and oxygen atoms in total. The fourth-order valence-corrected chi connectivity index (χ4v) is 3.70. The van der Waals surface area contributed by atoms with Gasteiger partial charge < -0.3 is 4.74 Å². The molecule has 0 saturated carbocycles. The highest BCUT2D eigenvalue weighted by Crippen LogP contribution is 2.32. The zero-order valence-corrected chi connectivity index (χ0v) is 17.0. The molecule has 3 aromatic rings. The SMILES string of the molecule is CCc1sc(NC(=O)COc2ccccc2C)nc1-c1ccc(Br)cc1. The maximum Gasteiger partial charge on any atom is 0.264 e. The average Bonchev–Trinajstić information content (AvgIpc) is 3.04. The highest BCUT2D eigenvalue weighted by molar-refractivity contribution is 9.10. The number of thiazole rings is 1. The minimum absolute atomic E-state index is 0.0422. The quantitative estimate of drug-likeness (QED) is 0.564. The van der Waals surface area contributed by atoms with Crippen molar-refractivity contribution in [2.45, 2.75) is 20.3 Å². The van der Waals surface area contributed by atoms with E-state index in [1.165, 1.54) is 11.3 Å². The lowest BCUT2D eigenvalue weighted by Crippen LogP contribution is -2.20. The van der Waals surface area contributed by atoms with Crippen molar-refractivity contribution < 1.29 is 9.53 Å². The van der Waals surface area contributed by atoms with Crippen molar-refractivity contribution in [3.8, 4) is 17.0 Å². The maximum absolute atomic E-state index is 12.2. The number of aromatic nitrogens is 1. The number of rotatable bonds is 6. The molecule has 0 aliphatic heterocycles. The van der Waals surface area contributed by atoms with Gasteiger partial charge in [0.25, 0.3) is 5.91 Å². The summed E-state index contributed by atoms with van der Waals surface area (Å²) in [5, 5.41) is 3.44. The first-order valence-electron chi connectivity index (χ1n) is 8.30. The van der Waals surface area contributed by atoms with Crippen LogP contribution in [0.5, 0.6) is 5.75 Å². The van der Waals surface area contributed by atoms with Gasteiger partial charge in [0.05, 0.1) is 5.69 Å². The van der Waals surface area contributed by atoms with Crippen LogP contribution in [0.3, 0.4) is 0 Å². The summed E-state index contributed by atoms with van der Waals surface area (Å²) in [7, 11) is 0. The molecule has 1 amide bonds. The van der Waals surface area contributed by atoms with Crippen LogP contribution in [0.15, 0.2) is 53.0 Å². The van der Waals surface area contributed by atoms with Crippen LogP contribution in [0.4, 0.5) is 5.13 Å². The zero-order valence-electron chi connectivity index (χ0n) is 14.6. The summed E-state index contributed by atoms with van der Waals surface area (Å²) in [5.74, 6) is 0.499. The molecule has 0 unspecified atom stereocenters. The lowest BCUT2D eigenvalue weighted by Gasteiger charge is -2.08. The Hall–Kier alpha value is -2.18. The number of nitrogens with zero attached hydrogens (tertiary/aromatic N) is 1. The van der Waals surface area contributed by atoms with Gasteiger partial charge in [-0.1, -0.05) is 53.2 Å². The van der Waals surface area contributed by atoms with Crippen LogP contribution in [-0.4, -0.2) is 17.5 Å². The Labute approximate surface area is 165 Å². The number of carbonyl (C=O) groups is 1. The lowest BCUT2D eigenvalue weighted by atomic mass is 10.1. The molecule has 0 bridgehead atoms. The number of ether oxygens (including phenoxy) is 1. The van der Waals surface area contributed by atoms with Crippen molar-refractivity contribution >= 4 is 38.3 Å². The third kappa shape index (κ3) is 4.51. The number of para-hydroxylation sites is 1. The number of halogens is 1. The summed E-state index contributed by atoms with van der Waals surface area (Å²) in [5.41, 5.74) is 2.96. The summed E-state index contributed by atoms with van der Waals surface area (Å²) in [6, 6.07) is 15.6. The Balaban J connectivity index is 1.69. The molecule has 0 fully saturated rings. The van der Waals surface area contributed by atoms with Gasteiger partial charge in [0.1, 0.15) is 5.75 Å². The number of anilines is 1. The number of amides is 1. The second kappa shape index (κ2) is 8.47. The molecule has 0 radical (unpaired) electrons. The molecule has 3 rings (SSSR count). The summed E-state index contributed by atoms with van der Waals surface area (Å²) < 4.78 is 6.62. The Bertz CT molecular complexity index is 906. The molecule has 1 N–H and O–H groups in total. The Kier molecular flexibility index (Phi) is 6.06. The fraction of sp³-hybridized carbons (Fsp3) is 0.200. The average molecular weight is 431 g/mol. The molecule has 26 heavy (non-hydrogen) atoms. The topological polar surface area (TPSA) is 51.2 Å². The molecule has 0 aliphatic rings. The molecule has 0 saturated heterocycles. The minimum Gasteiger partial charge on any atom is -0.483 e.